The van der Waals surface area contributed by atoms with Crippen LogP contribution in [0, 0.1) is 10.1 Å². The Balaban J connectivity index is 1.89. The van der Waals surface area contributed by atoms with Gasteiger partial charge in [-0.15, -0.1) is 0 Å². The van der Waals surface area contributed by atoms with Gasteiger partial charge < -0.3 is 10.1 Å². The molecule has 0 radical (unpaired) electrons. The summed E-state index contributed by atoms with van der Waals surface area (Å²) in [6, 6.07) is 11.6. The molecule has 0 atom stereocenters. The number of alkyl halides is 3. The molecule has 2 rings (SSSR count). The summed E-state index contributed by atoms with van der Waals surface area (Å²) >= 11 is 0. The zero-order chi connectivity index (χ0) is 19.9. The van der Waals surface area contributed by atoms with Crippen LogP contribution in [0.3, 0.4) is 0 Å². The number of rotatable bonds is 6. The van der Waals surface area contributed by atoms with Gasteiger partial charge in [0.1, 0.15) is 12.2 Å². The van der Waals surface area contributed by atoms with Crippen molar-refractivity contribution in [3.8, 4) is 0 Å². The van der Waals surface area contributed by atoms with Crippen LogP contribution in [0.2, 0.25) is 0 Å². The first kappa shape index (κ1) is 20.0. The van der Waals surface area contributed by atoms with Gasteiger partial charge in [0.15, 0.2) is 0 Å². The Kier molecular flexibility index (Phi) is 6.53. The van der Waals surface area contributed by atoms with Crippen LogP contribution in [-0.4, -0.2) is 17.6 Å². The van der Waals surface area contributed by atoms with E-state index in [0.717, 1.165) is 17.7 Å². The van der Waals surface area contributed by atoms with E-state index in [9.17, 15) is 28.1 Å². The van der Waals surface area contributed by atoms with Crippen molar-refractivity contribution < 1.29 is 27.6 Å². The van der Waals surface area contributed by atoms with Crippen LogP contribution in [-0.2, 0) is 17.5 Å². The number of hydrogen-bond acceptors (Lipinski definition) is 4. The number of halogens is 3. The normalized spacial score (nSPS) is 11.4. The third-order valence-corrected chi connectivity index (χ3v) is 3.41. The van der Waals surface area contributed by atoms with Crippen molar-refractivity contribution in [3.05, 3.63) is 81.4 Å². The van der Waals surface area contributed by atoms with Crippen LogP contribution in [0.15, 0.2) is 54.6 Å². The lowest BCUT2D eigenvalue weighted by Gasteiger charge is -2.07. The van der Waals surface area contributed by atoms with Crippen molar-refractivity contribution in [1.82, 2.24) is 5.32 Å². The molecule has 27 heavy (non-hydrogen) atoms. The van der Waals surface area contributed by atoms with Gasteiger partial charge in [0.05, 0.1) is 4.92 Å². The molecule has 0 bridgehead atoms. The number of nitro groups is 1. The van der Waals surface area contributed by atoms with Gasteiger partial charge >= 0.3 is 12.3 Å². The Hall–Kier alpha value is -3.36. The minimum atomic E-state index is -4.81. The fourth-order valence-electron chi connectivity index (χ4n) is 2.15. The van der Waals surface area contributed by atoms with Gasteiger partial charge in [0, 0.05) is 12.6 Å². The number of alkyl carbamates (subject to hydrolysis) is 1. The van der Waals surface area contributed by atoms with E-state index < -0.39 is 28.4 Å². The third-order valence-electron chi connectivity index (χ3n) is 3.41. The minimum absolute atomic E-state index is 0.0441. The highest BCUT2D eigenvalue weighted by Gasteiger charge is 2.38. The molecule has 0 saturated heterocycles. The molecule has 1 N–H and O–H groups in total. The van der Waals surface area contributed by atoms with Gasteiger partial charge in [-0.3, -0.25) is 10.1 Å². The van der Waals surface area contributed by atoms with Crippen LogP contribution < -0.4 is 5.32 Å². The molecular weight excluding hydrogens is 365 g/mol. The number of amides is 1. The molecule has 0 aliphatic rings. The van der Waals surface area contributed by atoms with E-state index in [0.29, 0.717) is 6.07 Å². The van der Waals surface area contributed by atoms with E-state index in [4.69, 9.17) is 4.74 Å². The molecular formula is C18H15F3N2O4. The predicted octanol–water partition coefficient (Wildman–Crippen LogP) is 4.55. The summed E-state index contributed by atoms with van der Waals surface area (Å²) in [5, 5.41) is 13.3. The number of nitrogens with zero attached hydrogens (tertiary/aromatic N) is 1. The van der Waals surface area contributed by atoms with Crippen LogP contribution in [0.25, 0.3) is 6.08 Å². The quantitative estimate of drug-likeness (QED) is 0.589. The Morgan fingerprint density at radius 1 is 1.19 bits per heavy atom. The molecule has 142 valence electrons. The van der Waals surface area contributed by atoms with Crippen molar-refractivity contribution in [2.75, 3.05) is 6.54 Å². The zero-order valence-electron chi connectivity index (χ0n) is 13.9. The number of benzene rings is 2. The van der Waals surface area contributed by atoms with E-state index in [2.05, 4.69) is 5.32 Å². The monoisotopic (exact) mass is 380 g/mol. The number of ether oxygens (including phenoxy) is 1. The maximum Gasteiger partial charge on any atom is 0.422 e. The topological polar surface area (TPSA) is 81.5 Å². The van der Waals surface area contributed by atoms with Gasteiger partial charge in [0.25, 0.3) is 5.69 Å². The number of hydrogen-bond donors (Lipinski definition) is 1. The lowest BCUT2D eigenvalue weighted by Crippen LogP contribution is -2.24. The molecule has 0 aliphatic carbocycles. The summed E-state index contributed by atoms with van der Waals surface area (Å²) in [6.45, 7) is 0.143. The standard InChI is InChI=1S/C18H15F3N2O4/c19-18(20,21)15-9-8-13(11-16(15)23(25)26)7-4-10-22-17(24)27-12-14-5-2-1-3-6-14/h1-9,11H,10,12H2,(H,22,24). The second-order valence-electron chi connectivity index (χ2n) is 5.38. The molecule has 9 heteroatoms. The van der Waals surface area contributed by atoms with Gasteiger partial charge in [-0.1, -0.05) is 48.6 Å². The third kappa shape index (κ3) is 6.14. The smallest absolute Gasteiger partial charge is 0.422 e. The number of nitro benzene ring substituents is 1. The predicted molar refractivity (Wildman–Crippen MR) is 91.8 cm³/mol. The van der Waals surface area contributed by atoms with Gasteiger partial charge in [0.2, 0.25) is 0 Å². The minimum Gasteiger partial charge on any atom is -0.445 e. The van der Waals surface area contributed by atoms with Gasteiger partial charge in [-0.2, -0.15) is 13.2 Å². The highest BCUT2D eigenvalue weighted by molar-refractivity contribution is 5.67. The van der Waals surface area contributed by atoms with Gasteiger partial charge in [-0.25, -0.2) is 4.79 Å². The van der Waals surface area contributed by atoms with Crippen molar-refractivity contribution in [3.63, 3.8) is 0 Å². The maximum atomic E-state index is 12.7. The summed E-state index contributed by atoms with van der Waals surface area (Å²) < 4.78 is 43.2. The lowest BCUT2D eigenvalue weighted by molar-refractivity contribution is -0.388. The zero-order valence-corrected chi connectivity index (χ0v) is 13.9. The second-order valence-corrected chi connectivity index (χ2v) is 5.38. The molecule has 0 fully saturated rings. The highest BCUT2D eigenvalue weighted by Crippen LogP contribution is 2.36. The van der Waals surface area contributed by atoms with Crippen molar-refractivity contribution in [2.45, 2.75) is 12.8 Å². The van der Waals surface area contributed by atoms with Gasteiger partial charge in [-0.05, 0) is 17.2 Å². The molecule has 0 unspecified atom stereocenters. The fourth-order valence-corrected chi connectivity index (χ4v) is 2.15. The number of carbonyl (C=O) groups excluding carboxylic acids is 1. The summed E-state index contributed by atoms with van der Waals surface area (Å²) in [5.41, 5.74) is -1.32. The summed E-state index contributed by atoms with van der Waals surface area (Å²) in [7, 11) is 0. The Bertz CT molecular complexity index is 836. The van der Waals surface area contributed by atoms with Crippen molar-refractivity contribution in [2.24, 2.45) is 0 Å². The molecule has 0 heterocycles. The number of carbonyl (C=O) groups is 1. The molecule has 2 aromatic carbocycles. The Morgan fingerprint density at radius 3 is 2.52 bits per heavy atom. The van der Waals surface area contributed by atoms with Crippen molar-refractivity contribution >= 4 is 17.9 Å². The maximum absolute atomic E-state index is 12.7. The molecule has 0 aliphatic heterocycles. The Labute approximate surface area is 152 Å². The second kappa shape index (κ2) is 8.84. The lowest BCUT2D eigenvalue weighted by atomic mass is 10.1. The van der Waals surface area contributed by atoms with E-state index in [1.807, 2.05) is 18.2 Å². The molecule has 6 nitrogen and oxygen atoms in total. The molecule has 0 saturated carbocycles. The Morgan fingerprint density at radius 2 is 1.89 bits per heavy atom. The highest BCUT2D eigenvalue weighted by atomic mass is 19.4. The molecule has 0 spiro atoms. The molecule has 0 aromatic heterocycles. The van der Waals surface area contributed by atoms with E-state index >= 15 is 0 Å². The van der Waals surface area contributed by atoms with E-state index in [-0.39, 0.29) is 18.7 Å². The van der Waals surface area contributed by atoms with Crippen LogP contribution in [0.4, 0.5) is 23.7 Å². The van der Waals surface area contributed by atoms with Crippen LogP contribution in [0.5, 0.6) is 0 Å². The summed E-state index contributed by atoms with van der Waals surface area (Å²) in [6.07, 6.45) is -2.67. The van der Waals surface area contributed by atoms with Crippen LogP contribution >= 0.6 is 0 Å². The summed E-state index contributed by atoms with van der Waals surface area (Å²) in [4.78, 5) is 21.3. The van der Waals surface area contributed by atoms with Crippen LogP contribution in [0.1, 0.15) is 16.7 Å². The van der Waals surface area contributed by atoms with E-state index in [1.165, 1.54) is 12.2 Å². The molecule has 1 amide bonds. The first-order valence-corrected chi connectivity index (χ1v) is 7.74. The fraction of sp³-hybridized carbons (Fsp3) is 0.167. The molecule has 2 aromatic rings. The largest absolute Gasteiger partial charge is 0.445 e. The average molecular weight is 380 g/mol. The van der Waals surface area contributed by atoms with Crippen molar-refractivity contribution in [1.29, 1.82) is 0 Å². The SMILES string of the molecule is O=C(NCC=Cc1ccc(C(F)(F)F)c([N+](=O)[O-])c1)OCc1ccccc1. The first-order valence-electron chi connectivity index (χ1n) is 7.74. The average Bonchev–Trinajstić information content (AvgIpc) is 2.63. The number of nitrogens with one attached hydrogen (secondary N) is 1. The van der Waals surface area contributed by atoms with E-state index in [1.54, 1.807) is 12.1 Å². The first-order chi connectivity index (χ1) is 12.8. The summed E-state index contributed by atoms with van der Waals surface area (Å²) in [5.74, 6) is 0.